The number of carbonyl (C=O) groups excluding carboxylic acids is 1. The van der Waals surface area contributed by atoms with Crippen LogP contribution in [0.1, 0.15) is 51.7 Å². The van der Waals surface area contributed by atoms with Gasteiger partial charge in [-0.2, -0.15) is 0 Å². The van der Waals surface area contributed by atoms with E-state index in [4.69, 9.17) is 9.47 Å². The topological polar surface area (TPSA) is 141 Å². The number of hydrogen-bond donors (Lipinski definition) is 5. The number of carboxylic acid groups (broad SMARTS) is 1. The molecule has 0 bridgehead atoms. The van der Waals surface area contributed by atoms with Gasteiger partial charge in [0.15, 0.2) is 0 Å². The lowest BCUT2D eigenvalue weighted by molar-refractivity contribution is -0.0531. The normalized spacial score (nSPS) is 17.9. The van der Waals surface area contributed by atoms with Crippen molar-refractivity contribution in [3.63, 3.8) is 0 Å². The molecule has 0 radical (unpaired) electrons. The van der Waals surface area contributed by atoms with Gasteiger partial charge in [0, 0.05) is 31.8 Å². The highest BCUT2D eigenvalue weighted by atomic mass is 16.6. The van der Waals surface area contributed by atoms with Crippen LogP contribution in [0.15, 0.2) is 60.7 Å². The number of carbonyl (C=O) groups is 2. The Morgan fingerprint density at radius 2 is 1.45 bits per heavy atom. The zero-order valence-corrected chi connectivity index (χ0v) is 25.2. The molecule has 1 fully saturated rings. The lowest BCUT2D eigenvalue weighted by atomic mass is 9.86. The average molecular weight is 586 g/mol. The molecule has 1 saturated heterocycles. The number of nitrogens with one attached hydrogen (secondary N) is 2. The predicted octanol–water partition coefficient (Wildman–Crippen LogP) is 3.59. The largest absolute Gasteiger partial charge is 0.465 e. The molecule has 3 rings (SSSR count). The first-order valence-electron chi connectivity index (χ1n) is 14.6. The average Bonchev–Trinajstić information content (AvgIpc) is 2.92. The molecule has 2 aromatic carbocycles. The third kappa shape index (κ3) is 10.3. The van der Waals surface area contributed by atoms with E-state index in [9.17, 15) is 24.9 Å². The van der Waals surface area contributed by atoms with E-state index in [-0.39, 0.29) is 13.1 Å². The second-order valence-electron chi connectivity index (χ2n) is 12.3. The number of nitrogens with zero attached hydrogens (tertiary/aromatic N) is 1. The molecule has 0 aliphatic carbocycles. The quantitative estimate of drug-likeness (QED) is 0.240. The molecular weight excluding hydrogens is 538 g/mol. The minimum absolute atomic E-state index is 0.0371. The molecule has 232 valence electrons. The second kappa shape index (κ2) is 15.3. The Labute approximate surface area is 249 Å². The molecule has 10 heteroatoms. The summed E-state index contributed by atoms with van der Waals surface area (Å²) in [6.07, 6.45) is -2.06. The summed E-state index contributed by atoms with van der Waals surface area (Å²) >= 11 is 0. The molecule has 0 unspecified atom stereocenters. The maximum Gasteiger partial charge on any atom is 0.408 e. The van der Waals surface area contributed by atoms with Crippen molar-refractivity contribution in [1.82, 2.24) is 15.5 Å². The van der Waals surface area contributed by atoms with Crippen molar-refractivity contribution in [2.75, 3.05) is 26.3 Å². The van der Waals surface area contributed by atoms with Gasteiger partial charge in [0.05, 0.1) is 24.3 Å². The van der Waals surface area contributed by atoms with Crippen LogP contribution in [0, 0.1) is 0 Å². The molecule has 10 nitrogen and oxygen atoms in total. The van der Waals surface area contributed by atoms with Crippen LogP contribution in [0.25, 0.3) is 0 Å². The van der Waals surface area contributed by atoms with E-state index in [0.717, 1.165) is 11.1 Å². The van der Waals surface area contributed by atoms with Gasteiger partial charge in [0.2, 0.25) is 0 Å². The number of rotatable bonds is 13. The van der Waals surface area contributed by atoms with Gasteiger partial charge < -0.3 is 35.4 Å². The van der Waals surface area contributed by atoms with Crippen molar-refractivity contribution in [3.8, 4) is 0 Å². The van der Waals surface area contributed by atoms with E-state index in [2.05, 4.69) is 10.6 Å². The molecule has 0 aromatic heterocycles. The third-order valence-electron chi connectivity index (χ3n) is 7.59. The lowest BCUT2D eigenvalue weighted by Crippen LogP contribution is -2.62. The fourth-order valence-corrected chi connectivity index (χ4v) is 5.35. The first kappa shape index (κ1) is 33.3. The van der Waals surface area contributed by atoms with Crippen LogP contribution >= 0.6 is 0 Å². The molecular formula is C32H47N3O7. The van der Waals surface area contributed by atoms with Crippen LogP contribution in [0.4, 0.5) is 9.59 Å². The number of aliphatic hydroxyl groups is 2. The smallest absolute Gasteiger partial charge is 0.408 e. The Bertz CT molecular complexity index is 1100. The van der Waals surface area contributed by atoms with Crippen molar-refractivity contribution >= 4 is 12.2 Å². The first-order chi connectivity index (χ1) is 19.9. The van der Waals surface area contributed by atoms with Crippen LogP contribution in [0.2, 0.25) is 0 Å². The van der Waals surface area contributed by atoms with Gasteiger partial charge >= 0.3 is 12.2 Å². The van der Waals surface area contributed by atoms with Crippen molar-refractivity contribution in [1.29, 1.82) is 0 Å². The molecule has 1 aliphatic heterocycles. The molecule has 1 aliphatic rings. The van der Waals surface area contributed by atoms with Gasteiger partial charge in [-0.15, -0.1) is 0 Å². The second-order valence-corrected chi connectivity index (χ2v) is 12.3. The van der Waals surface area contributed by atoms with E-state index in [1.807, 2.05) is 67.6 Å². The summed E-state index contributed by atoms with van der Waals surface area (Å²) in [6, 6.07) is 17.6. The molecule has 2 aromatic rings. The highest BCUT2D eigenvalue weighted by Gasteiger charge is 2.43. The Kier molecular flexibility index (Phi) is 12.2. The molecule has 0 spiro atoms. The Hall–Kier alpha value is -3.18. The number of amides is 2. The van der Waals surface area contributed by atoms with Gasteiger partial charge in [0.1, 0.15) is 5.60 Å². The predicted molar refractivity (Wildman–Crippen MR) is 160 cm³/mol. The molecule has 42 heavy (non-hydrogen) atoms. The van der Waals surface area contributed by atoms with Crippen LogP contribution in [-0.4, -0.2) is 94.1 Å². The minimum atomic E-state index is -1.09. The highest BCUT2D eigenvalue weighted by Crippen LogP contribution is 2.31. The van der Waals surface area contributed by atoms with Crippen LogP contribution in [-0.2, 0) is 22.3 Å². The summed E-state index contributed by atoms with van der Waals surface area (Å²) in [5.41, 5.74) is 0.456. The van der Waals surface area contributed by atoms with Crippen LogP contribution in [0.5, 0.6) is 0 Å². The van der Waals surface area contributed by atoms with Crippen LogP contribution in [0.3, 0.4) is 0 Å². The Balaban J connectivity index is 1.72. The maximum absolute atomic E-state index is 12.6. The molecule has 2 amide bonds. The summed E-state index contributed by atoms with van der Waals surface area (Å²) < 4.78 is 10.9. The van der Waals surface area contributed by atoms with E-state index in [0.29, 0.717) is 38.9 Å². The van der Waals surface area contributed by atoms with E-state index in [1.54, 1.807) is 20.8 Å². The molecule has 1 heterocycles. The SMILES string of the molecule is CC(C)(C)OC(=O)N[C@@H](Cc1ccccc1)[C@H](O)CNC[C@@H](O)[C@H](Cc1ccccc1)N(C(=O)O)C1(C)CCOCC1. The zero-order valence-electron chi connectivity index (χ0n) is 25.2. The number of aliphatic hydroxyl groups excluding tert-OH is 2. The van der Waals surface area contributed by atoms with Crippen LogP contribution < -0.4 is 10.6 Å². The third-order valence-corrected chi connectivity index (χ3v) is 7.59. The number of alkyl carbamates (subject to hydrolysis) is 1. The van der Waals surface area contributed by atoms with E-state index < -0.39 is 47.6 Å². The fourth-order valence-electron chi connectivity index (χ4n) is 5.35. The van der Waals surface area contributed by atoms with Gasteiger partial charge in [0.25, 0.3) is 0 Å². The van der Waals surface area contributed by atoms with Crippen molar-refractivity contribution < 1.29 is 34.4 Å². The number of ether oxygens (including phenoxy) is 2. The minimum Gasteiger partial charge on any atom is -0.465 e. The molecule has 4 atom stereocenters. The Morgan fingerprint density at radius 1 is 0.929 bits per heavy atom. The van der Waals surface area contributed by atoms with Crippen molar-refractivity contribution in [2.45, 2.75) is 88.8 Å². The van der Waals surface area contributed by atoms with Gasteiger partial charge in [-0.25, -0.2) is 9.59 Å². The first-order valence-corrected chi connectivity index (χ1v) is 14.6. The fraction of sp³-hybridized carbons (Fsp3) is 0.562. The maximum atomic E-state index is 12.6. The van der Waals surface area contributed by atoms with E-state index in [1.165, 1.54) is 4.90 Å². The monoisotopic (exact) mass is 585 g/mol. The summed E-state index contributed by atoms with van der Waals surface area (Å²) in [7, 11) is 0. The van der Waals surface area contributed by atoms with E-state index >= 15 is 0 Å². The Morgan fingerprint density at radius 3 is 1.98 bits per heavy atom. The lowest BCUT2D eigenvalue weighted by Gasteiger charge is -2.47. The van der Waals surface area contributed by atoms with Gasteiger partial charge in [-0.05, 0) is 64.5 Å². The summed E-state index contributed by atoms with van der Waals surface area (Å²) in [5, 5.41) is 38.8. The molecule has 0 saturated carbocycles. The summed E-state index contributed by atoms with van der Waals surface area (Å²) in [4.78, 5) is 26.6. The zero-order chi connectivity index (χ0) is 30.8. The highest BCUT2D eigenvalue weighted by molar-refractivity contribution is 5.68. The summed E-state index contributed by atoms with van der Waals surface area (Å²) in [5.74, 6) is 0. The van der Waals surface area contributed by atoms with Gasteiger partial charge in [-0.3, -0.25) is 4.90 Å². The number of benzene rings is 2. The number of hydrogen-bond acceptors (Lipinski definition) is 7. The van der Waals surface area contributed by atoms with Crippen molar-refractivity contribution in [2.24, 2.45) is 0 Å². The standard InChI is InChI=1S/C32H47N3O7/c1-31(2,3)42-29(38)34-25(19-23-11-7-5-8-12-23)27(36)21-33-22-28(37)26(20-24-13-9-6-10-14-24)35(30(39)40)32(4)15-17-41-18-16-32/h5-14,25-28,33,36-37H,15-22H2,1-4H3,(H,34,38)(H,39,40)/t25-,26-,27+,28+/m0/s1. The summed E-state index contributed by atoms with van der Waals surface area (Å²) in [6.45, 7) is 8.21. The van der Waals surface area contributed by atoms with Crippen molar-refractivity contribution in [3.05, 3.63) is 71.8 Å². The molecule has 5 N–H and O–H groups in total. The van der Waals surface area contributed by atoms with Gasteiger partial charge in [-0.1, -0.05) is 60.7 Å².